The summed E-state index contributed by atoms with van der Waals surface area (Å²) in [6, 6.07) is 4.85. The van der Waals surface area contributed by atoms with Crippen LogP contribution in [0.4, 0.5) is 0 Å². The molecule has 1 amide bonds. The molecule has 2 atom stereocenters. The molecule has 0 bridgehead atoms. The highest BCUT2D eigenvalue weighted by molar-refractivity contribution is 7.88. The lowest BCUT2D eigenvalue weighted by atomic mass is 10.1. The van der Waals surface area contributed by atoms with E-state index in [1.54, 1.807) is 23.1 Å². The number of amides is 1. The molecule has 0 saturated carbocycles. The number of piperazine rings is 1. The number of hydrogen-bond donors (Lipinski definition) is 1. The van der Waals surface area contributed by atoms with Gasteiger partial charge in [-0.05, 0) is 24.1 Å². The maximum absolute atomic E-state index is 13.0. The maximum Gasteiger partial charge on any atom is 0.227 e. The second kappa shape index (κ2) is 8.85. The lowest BCUT2D eigenvalue weighted by Gasteiger charge is -2.42. The van der Waals surface area contributed by atoms with Crippen LogP contribution in [-0.2, 0) is 21.2 Å². The van der Waals surface area contributed by atoms with E-state index in [9.17, 15) is 18.3 Å². The summed E-state index contributed by atoms with van der Waals surface area (Å²) in [6.07, 6.45) is 1.70. The molecule has 28 heavy (non-hydrogen) atoms. The first-order chi connectivity index (χ1) is 13.1. The molecular weight excluding hydrogens is 425 g/mol. The van der Waals surface area contributed by atoms with Crippen molar-refractivity contribution >= 4 is 39.1 Å². The number of sulfonamides is 1. The van der Waals surface area contributed by atoms with E-state index in [0.717, 1.165) is 12.1 Å². The fourth-order valence-corrected chi connectivity index (χ4v) is 4.99. The number of likely N-dealkylation sites (tertiary alicyclic amines) is 1. The fourth-order valence-electron chi connectivity index (χ4n) is 3.81. The average molecular weight is 450 g/mol. The Morgan fingerprint density at radius 1 is 1.18 bits per heavy atom. The predicted octanol–water partition coefficient (Wildman–Crippen LogP) is 1.07. The third-order valence-corrected chi connectivity index (χ3v) is 7.30. The number of halogens is 2. The number of nitrogens with zero attached hydrogens (tertiary/aromatic N) is 3. The van der Waals surface area contributed by atoms with E-state index in [0.29, 0.717) is 36.1 Å². The van der Waals surface area contributed by atoms with E-state index in [4.69, 9.17) is 23.2 Å². The Bertz CT molecular complexity index is 836. The first-order valence-electron chi connectivity index (χ1n) is 9.22. The van der Waals surface area contributed by atoms with Crippen LogP contribution in [0.2, 0.25) is 10.0 Å². The Labute approximate surface area is 175 Å². The van der Waals surface area contributed by atoms with E-state index in [2.05, 4.69) is 4.90 Å². The molecule has 0 spiro atoms. The van der Waals surface area contributed by atoms with Crippen LogP contribution in [0.25, 0.3) is 0 Å². The van der Waals surface area contributed by atoms with E-state index < -0.39 is 10.0 Å². The van der Waals surface area contributed by atoms with Gasteiger partial charge in [0.25, 0.3) is 0 Å². The Kier molecular flexibility index (Phi) is 6.89. The van der Waals surface area contributed by atoms with Gasteiger partial charge in [-0.1, -0.05) is 29.3 Å². The smallest absolute Gasteiger partial charge is 0.227 e. The quantitative estimate of drug-likeness (QED) is 0.726. The van der Waals surface area contributed by atoms with Gasteiger partial charge in [0.2, 0.25) is 15.9 Å². The number of aliphatic hydroxyl groups is 1. The molecular formula is C18H25Cl2N3O4S. The summed E-state index contributed by atoms with van der Waals surface area (Å²) in [5.74, 6) is -0.0729. The highest BCUT2D eigenvalue weighted by Crippen LogP contribution is 2.24. The maximum atomic E-state index is 13.0. The van der Waals surface area contributed by atoms with Crippen LogP contribution in [0.15, 0.2) is 18.2 Å². The Morgan fingerprint density at radius 2 is 1.93 bits per heavy atom. The Morgan fingerprint density at radius 3 is 2.54 bits per heavy atom. The monoisotopic (exact) mass is 449 g/mol. The molecule has 0 aliphatic carbocycles. The van der Waals surface area contributed by atoms with Crippen LogP contribution in [-0.4, -0.2) is 91.2 Å². The third-order valence-electron chi connectivity index (χ3n) is 5.29. The van der Waals surface area contributed by atoms with Crippen molar-refractivity contribution in [3.63, 3.8) is 0 Å². The highest BCUT2D eigenvalue weighted by Gasteiger charge is 2.36. The first kappa shape index (κ1) is 21.8. The van der Waals surface area contributed by atoms with Crippen LogP contribution in [0.1, 0.15) is 12.0 Å². The van der Waals surface area contributed by atoms with Crippen LogP contribution < -0.4 is 0 Å². The molecule has 1 aromatic rings. The van der Waals surface area contributed by atoms with Gasteiger partial charge in [-0.25, -0.2) is 8.42 Å². The van der Waals surface area contributed by atoms with Crippen molar-refractivity contribution in [1.29, 1.82) is 0 Å². The standard InChI is InChI=1S/C18H25Cl2N3O4S/c1-28(26,27)22-6-7-23(14(11-22)10-21-5-4-15(24)12-21)18(25)9-13-2-3-16(19)17(20)8-13/h2-3,8,14-15,24H,4-7,9-12H2,1H3. The second-order valence-corrected chi connectivity index (χ2v) is 10.3. The minimum absolute atomic E-state index is 0.0729. The van der Waals surface area contributed by atoms with Crippen LogP contribution in [0.3, 0.4) is 0 Å². The normalized spacial score (nSPS) is 24.6. The van der Waals surface area contributed by atoms with Gasteiger partial charge in [0.15, 0.2) is 0 Å². The molecule has 0 aromatic heterocycles. The van der Waals surface area contributed by atoms with Gasteiger partial charge in [0.1, 0.15) is 0 Å². The zero-order valence-electron chi connectivity index (χ0n) is 15.7. The summed E-state index contributed by atoms with van der Waals surface area (Å²) in [6.45, 7) is 2.71. The summed E-state index contributed by atoms with van der Waals surface area (Å²) in [5, 5.41) is 10.6. The van der Waals surface area contributed by atoms with Crippen molar-refractivity contribution < 1.29 is 18.3 Å². The molecule has 2 heterocycles. The minimum Gasteiger partial charge on any atom is -0.392 e. The zero-order valence-corrected chi connectivity index (χ0v) is 18.0. The van der Waals surface area contributed by atoms with Crippen LogP contribution in [0, 0.1) is 0 Å². The van der Waals surface area contributed by atoms with Gasteiger partial charge in [-0.3, -0.25) is 9.69 Å². The predicted molar refractivity (Wildman–Crippen MR) is 109 cm³/mol. The molecule has 2 fully saturated rings. The minimum atomic E-state index is -3.33. The molecule has 2 unspecified atom stereocenters. The van der Waals surface area contributed by atoms with Crippen molar-refractivity contribution in [2.75, 3.05) is 45.5 Å². The van der Waals surface area contributed by atoms with E-state index in [1.165, 1.54) is 10.6 Å². The van der Waals surface area contributed by atoms with Gasteiger partial charge < -0.3 is 10.0 Å². The molecule has 0 radical (unpaired) electrons. The SMILES string of the molecule is CS(=O)(=O)N1CCN(C(=O)Cc2ccc(Cl)c(Cl)c2)C(CN2CCC(O)C2)C1. The van der Waals surface area contributed by atoms with Gasteiger partial charge in [0, 0.05) is 39.3 Å². The number of hydrogen-bond acceptors (Lipinski definition) is 5. The summed E-state index contributed by atoms with van der Waals surface area (Å²) < 4.78 is 25.4. The van der Waals surface area contributed by atoms with E-state index >= 15 is 0 Å². The van der Waals surface area contributed by atoms with E-state index in [1.807, 2.05) is 0 Å². The Hall–Kier alpha value is -0.900. The van der Waals surface area contributed by atoms with Gasteiger partial charge in [0.05, 0.1) is 34.9 Å². The first-order valence-corrected chi connectivity index (χ1v) is 11.8. The molecule has 1 N–H and O–H groups in total. The lowest BCUT2D eigenvalue weighted by molar-refractivity contribution is -0.135. The van der Waals surface area contributed by atoms with Gasteiger partial charge in [-0.2, -0.15) is 4.31 Å². The van der Waals surface area contributed by atoms with Crippen molar-refractivity contribution in [3.05, 3.63) is 33.8 Å². The molecule has 2 saturated heterocycles. The highest BCUT2D eigenvalue weighted by atomic mass is 35.5. The fraction of sp³-hybridized carbons (Fsp3) is 0.611. The number of carbonyl (C=O) groups is 1. The molecule has 7 nitrogen and oxygen atoms in total. The summed E-state index contributed by atoms with van der Waals surface area (Å²) in [5.41, 5.74) is 0.764. The van der Waals surface area contributed by atoms with Crippen molar-refractivity contribution in [2.45, 2.75) is 25.0 Å². The molecule has 2 aliphatic rings. The second-order valence-electron chi connectivity index (χ2n) is 7.49. The number of benzene rings is 1. The van der Waals surface area contributed by atoms with Crippen molar-refractivity contribution in [3.8, 4) is 0 Å². The molecule has 156 valence electrons. The van der Waals surface area contributed by atoms with Crippen LogP contribution >= 0.6 is 23.2 Å². The number of carbonyl (C=O) groups excluding carboxylic acids is 1. The summed E-state index contributed by atoms with van der Waals surface area (Å²) in [7, 11) is -3.33. The van der Waals surface area contributed by atoms with Gasteiger partial charge in [-0.15, -0.1) is 0 Å². The summed E-state index contributed by atoms with van der Waals surface area (Å²) in [4.78, 5) is 16.8. The summed E-state index contributed by atoms with van der Waals surface area (Å²) >= 11 is 12.0. The lowest BCUT2D eigenvalue weighted by Crippen LogP contribution is -2.59. The Balaban J connectivity index is 1.73. The molecule has 3 rings (SSSR count). The topological polar surface area (TPSA) is 81.2 Å². The zero-order chi connectivity index (χ0) is 20.5. The number of aliphatic hydroxyl groups excluding tert-OH is 1. The molecule has 1 aromatic carbocycles. The largest absolute Gasteiger partial charge is 0.392 e. The third kappa shape index (κ3) is 5.37. The van der Waals surface area contributed by atoms with Crippen molar-refractivity contribution in [2.24, 2.45) is 0 Å². The van der Waals surface area contributed by atoms with Crippen molar-refractivity contribution in [1.82, 2.24) is 14.1 Å². The molecule has 10 heteroatoms. The van der Waals surface area contributed by atoms with E-state index in [-0.39, 0.29) is 37.6 Å². The number of rotatable bonds is 5. The van der Waals surface area contributed by atoms with Crippen LogP contribution in [0.5, 0.6) is 0 Å². The number of β-amino-alcohol motifs (C(OH)–C–C–N with tert-alkyl or cyclic N) is 1. The van der Waals surface area contributed by atoms with Gasteiger partial charge >= 0.3 is 0 Å². The molecule has 2 aliphatic heterocycles. The average Bonchev–Trinajstić information content (AvgIpc) is 3.02.